The smallest absolute Gasteiger partial charge is 0.138 e. The number of benzene rings is 1. The maximum absolute atomic E-state index is 8.98. The molecule has 3 heteroatoms. The third kappa shape index (κ3) is 1.54. The number of anilines is 1. The van der Waals surface area contributed by atoms with Gasteiger partial charge in [0.05, 0.1) is 5.69 Å². The molecular formula is C7H10ClNO. The Morgan fingerprint density at radius 2 is 2.00 bits per heavy atom. The zero-order valence-electron chi connectivity index (χ0n) is 5.66. The highest BCUT2D eigenvalue weighted by Gasteiger charge is 1.95. The zero-order chi connectivity index (χ0) is 6.85. The maximum atomic E-state index is 8.98. The molecule has 0 radical (unpaired) electrons. The lowest BCUT2D eigenvalue weighted by Crippen LogP contribution is -1.88. The average Bonchev–Trinajstić information content (AvgIpc) is 1.83. The van der Waals surface area contributed by atoms with Crippen LogP contribution in [0.15, 0.2) is 18.2 Å². The van der Waals surface area contributed by atoms with E-state index >= 15 is 0 Å². The number of hydrogen-bond donors (Lipinski definition) is 2. The zero-order valence-corrected chi connectivity index (χ0v) is 6.48. The van der Waals surface area contributed by atoms with E-state index in [0.717, 1.165) is 5.56 Å². The van der Waals surface area contributed by atoms with Gasteiger partial charge in [-0.1, -0.05) is 12.1 Å². The molecule has 0 amide bonds. The van der Waals surface area contributed by atoms with Crippen molar-refractivity contribution in [1.29, 1.82) is 0 Å². The van der Waals surface area contributed by atoms with Crippen LogP contribution in [0.4, 0.5) is 5.69 Å². The van der Waals surface area contributed by atoms with Crippen molar-refractivity contribution < 1.29 is 5.11 Å². The standard InChI is InChI=1S/C7H9NO.ClH/c1-5-3-2-4-6(9)7(5)8;/h2-4,9H,8H2,1H3;1H. The van der Waals surface area contributed by atoms with Crippen molar-refractivity contribution in [2.24, 2.45) is 0 Å². The largest absolute Gasteiger partial charge is 0.506 e. The monoisotopic (exact) mass is 159 g/mol. The molecule has 0 bridgehead atoms. The van der Waals surface area contributed by atoms with Crippen LogP contribution in [-0.4, -0.2) is 5.11 Å². The van der Waals surface area contributed by atoms with E-state index in [2.05, 4.69) is 0 Å². The highest BCUT2D eigenvalue weighted by Crippen LogP contribution is 2.21. The van der Waals surface area contributed by atoms with Gasteiger partial charge in [-0.05, 0) is 18.6 Å². The van der Waals surface area contributed by atoms with Crippen molar-refractivity contribution >= 4 is 18.1 Å². The minimum absolute atomic E-state index is 0. The number of aryl methyl sites for hydroxylation is 1. The summed E-state index contributed by atoms with van der Waals surface area (Å²) in [5.74, 6) is 0.162. The molecule has 1 aromatic carbocycles. The Morgan fingerprint density at radius 1 is 1.40 bits per heavy atom. The van der Waals surface area contributed by atoms with Crippen molar-refractivity contribution in [3.8, 4) is 5.75 Å². The molecule has 0 unspecified atom stereocenters. The number of nitrogen functional groups attached to an aromatic ring is 1. The van der Waals surface area contributed by atoms with Crippen LogP contribution in [0.3, 0.4) is 0 Å². The first-order chi connectivity index (χ1) is 4.22. The van der Waals surface area contributed by atoms with Gasteiger partial charge in [-0.3, -0.25) is 0 Å². The number of phenolic OH excluding ortho intramolecular Hbond substituents is 1. The summed E-state index contributed by atoms with van der Waals surface area (Å²) in [6, 6.07) is 5.19. The Balaban J connectivity index is 0.000000810. The fourth-order valence-electron chi connectivity index (χ4n) is 0.665. The second-order valence-corrected chi connectivity index (χ2v) is 2.01. The first-order valence-corrected chi connectivity index (χ1v) is 2.76. The molecular weight excluding hydrogens is 150 g/mol. The Hall–Kier alpha value is -0.890. The third-order valence-electron chi connectivity index (χ3n) is 1.30. The van der Waals surface area contributed by atoms with Gasteiger partial charge in [-0.15, -0.1) is 12.4 Å². The minimum atomic E-state index is 0. The first kappa shape index (κ1) is 9.11. The second kappa shape index (κ2) is 3.32. The fourth-order valence-corrected chi connectivity index (χ4v) is 0.665. The molecule has 1 aromatic rings. The van der Waals surface area contributed by atoms with Crippen molar-refractivity contribution in [3.05, 3.63) is 23.8 Å². The van der Waals surface area contributed by atoms with Gasteiger partial charge < -0.3 is 10.8 Å². The average molecular weight is 160 g/mol. The van der Waals surface area contributed by atoms with Crippen molar-refractivity contribution in [2.45, 2.75) is 6.92 Å². The SMILES string of the molecule is Cc1cccc(O)c1N.Cl. The molecule has 10 heavy (non-hydrogen) atoms. The van der Waals surface area contributed by atoms with Crippen LogP contribution in [0.1, 0.15) is 5.56 Å². The van der Waals surface area contributed by atoms with Crippen LogP contribution in [-0.2, 0) is 0 Å². The molecule has 2 nitrogen and oxygen atoms in total. The number of rotatable bonds is 0. The summed E-state index contributed by atoms with van der Waals surface area (Å²) in [7, 11) is 0. The van der Waals surface area contributed by atoms with E-state index in [0.29, 0.717) is 5.69 Å². The molecule has 0 fully saturated rings. The Kier molecular flexibility index (Phi) is 3.03. The van der Waals surface area contributed by atoms with Crippen LogP contribution >= 0.6 is 12.4 Å². The molecule has 56 valence electrons. The molecule has 0 spiro atoms. The molecule has 0 aliphatic heterocycles. The summed E-state index contributed by atoms with van der Waals surface area (Å²) < 4.78 is 0. The molecule has 0 aromatic heterocycles. The van der Waals surface area contributed by atoms with Gasteiger partial charge in [0, 0.05) is 0 Å². The summed E-state index contributed by atoms with van der Waals surface area (Å²) in [4.78, 5) is 0. The molecule has 3 N–H and O–H groups in total. The summed E-state index contributed by atoms with van der Waals surface area (Å²) in [6.07, 6.45) is 0. The van der Waals surface area contributed by atoms with E-state index < -0.39 is 0 Å². The van der Waals surface area contributed by atoms with E-state index in [4.69, 9.17) is 10.8 Å². The lowest BCUT2D eigenvalue weighted by Gasteiger charge is -1.99. The quantitative estimate of drug-likeness (QED) is 0.447. The van der Waals surface area contributed by atoms with Crippen molar-refractivity contribution in [3.63, 3.8) is 0 Å². The highest BCUT2D eigenvalue weighted by atomic mass is 35.5. The molecule has 0 heterocycles. The predicted octanol–water partition coefficient (Wildman–Crippen LogP) is 1.70. The molecule has 0 saturated carbocycles. The van der Waals surface area contributed by atoms with Crippen LogP contribution in [0.5, 0.6) is 5.75 Å². The molecule has 0 atom stereocenters. The molecule has 0 aliphatic carbocycles. The van der Waals surface area contributed by atoms with Crippen LogP contribution in [0.2, 0.25) is 0 Å². The van der Waals surface area contributed by atoms with Gasteiger partial charge in [-0.25, -0.2) is 0 Å². The summed E-state index contributed by atoms with van der Waals surface area (Å²) in [5.41, 5.74) is 6.81. The topological polar surface area (TPSA) is 46.2 Å². The van der Waals surface area contributed by atoms with Gasteiger partial charge in [0.25, 0.3) is 0 Å². The second-order valence-electron chi connectivity index (χ2n) is 2.01. The predicted molar refractivity (Wildman–Crippen MR) is 44.5 cm³/mol. The summed E-state index contributed by atoms with van der Waals surface area (Å²) in [6.45, 7) is 1.86. The molecule has 1 rings (SSSR count). The van der Waals surface area contributed by atoms with Gasteiger partial charge in [0.2, 0.25) is 0 Å². The van der Waals surface area contributed by atoms with Gasteiger partial charge in [-0.2, -0.15) is 0 Å². The summed E-state index contributed by atoms with van der Waals surface area (Å²) >= 11 is 0. The van der Waals surface area contributed by atoms with Crippen molar-refractivity contribution in [1.82, 2.24) is 0 Å². The number of para-hydroxylation sites is 1. The van der Waals surface area contributed by atoms with Gasteiger partial charge >= 0.3 is 0 Å². The van der Waals surface area contributed by atoms with E-state index in [9.17, 15) is 0 Å². The highest BCUT2D eigenvalue weighted by molar-refractivity contribution is 5.85. The number of halogens is 1. The Bertz CT molecular complexity index is 205. The number of hydrogen-bond acceptors (Lipinski definition) is 2. The number of nitrogens with two attached hydrogens (primary N) is 1. The van der Waals surface area contributed by atoms with Crippen LogP contribution in [0.25, 0.3) is 0 Å². The Morgan fingerprint density at radius 3 is 2.40 bits per heavy atom. The number of phenols is 1. The van der Waals surface area contributed by atoms with E-state index in [-0.39, 0.29) is 18.2 Å². The Labute approximate surface area is 66.1 Å². The van der Waals surface area contributed by atoms with Crippen LogP contribution in [0, 0.1) is 6.92 Å². The normalized spacial score (nSPS) is 8.50. The maximum Gasteiger partial charge on any atom is 0.138 e. The lowest BCUT2D eigenvalue weighted by atomic mass is 10.2. The molecule has 0 aliphatic rings. The fraction of sp³-hybridized carbons (Fsp3) is 0.143. The molecule has 0 saturated heterocycles. The lowest BCUT2D eigenvalue weighted by molar-refractivity contribution is 0.477. The minimum Gasteiger partial charge on any atom is -0.506 e. The van der Waals surface area contributed by atoms with E-state index in [1.165, 1.54) is 0 Å². The van der Waals surface area contributed by atoms with Gasteiger partial charge in [0.15, 0.2) is 0 Å². The van der Waals surface area contributed by atoms with E-state index in [1.807, 2.05) is 13.0 Å². The van der Waals surface area contributed by atoms with Gasteiger partial charge in [0.1, 0.15) is 5.75 Å². The number of aromatic hydroxyl groups is 1. The van der Waals surface area contributed by atoms with E-state index in [1.54, 1.807) is 12.1 Å². The van der Waals surface area contributed by atoms with Crippen LogP contribution < -0.4 is 5.73 Å². The van der Waals surface area contributed by atoms with Crippen molar-refractivity contribution in [2.75, 3.05) is 5.73 Å². The first-order valence-electron chi connectivity index (χ1n) is 2.76. The summed E-state index contributed by atoms with van der Waals surface area (Å²) in [5, 5.41) is 8.98. The third-order valence-corrected chi connectivity index (χ3v) is 1.30.